The lowest BCUT2D eigenvalue weighted by Crippen LogP contribution is -2.37. The van der Waals surface area contributed by atoms with Gasteiger partial charge in [0.2, 0.25) is 0 Å². The van der Waals surface area contributed by atoms with Crippen molar-refractivity contribution in [3.63, 3.8) is 0 Å². The number of rotatable bonds is 2. The van der Waals surface area contributed by atoms with E-state index >= 15 is 0 Å². The number of carbonyl (C=O) groups excluding carboxylic acids is 1. The topological polar surface area (TPSA) is 63.3 Å². The molecule has 4 heteroatoms. The number of aliphatic hydroxyl groups is 1. The van der Waals surface area contributed by atoms with Crippen LogP contribution in [0.25, 0.3) is 0 Å². The van der Waals surface area contributed by atoms with Crippen LogP contribution in [0.2, 0.25) is 0 Å². The van der Waals surface area contributed by atoms with Crippen molar-refractivity contribution in [2.24, 2.45) is 5.73 Å². The van der Waals surface area contributed by atoms with E-state index in [-0.39, 0.29) is 0 Å². The lowest BCUT2D eigenvalue weighted by atomic mass is 10.2. The second-order valence-electron chi connectivity index (χ2n) is 1.57. The molecular weight excluding hydrogens is 113 g/mol. The summed E-state index contributed by atoms with van der Waals surface area (Å²) in [5.74, 6) is 0. The average Bonchev–Trinajstić information content (AvgIpc) is 1.64. The van der Waals surface area contributed by atoms with E-state index in [4.69, 9.17) is 10.8 Å². The van der Waals surface area contributed by atoms with Gasteiger partial charge in [0.25, 0.3) is 0 Å². The molecule has 0 unspecified atom stereocenters. The van der Waals surface area contributed by atoms with Gasteiger partial charge in [-0.3, -0.25) is 4.79 Å². The fourth-order valence-corrected chi connectivity index (χ4v) is 0.190. The molecule has 3 nitrogen and oxygen atoms in total. The first-order chi connectivity index (χ1) is 3.55. The third-order valence-corrected chi connectivity index (χ3v) is 0.782. The summed E-state index contributed by atoms with van der Waals surface area (Å²) in [6.07, 6.45) is -1.10. The largest absolute Gasteiger partial charge is 0.391 e. The van der Waals surface area contributed by atoms with Crippen LogP contribution in [0.1, 0.15) is 6.92 Å². The van der Waals surface area contributed by atoms with Gasteiger partial charge in [-0.1, -0.05) is 0 Å². The van der Waals surface area contributed by atoms with Gasteiger partial charge in [-0.2, -0.15) is 4.39 Å². The zero-order chi connectivity index (χ0) is 6.73. The number of nitrogens with two attached hydrogens (primary N) is 1. The Morgan fingerprint density at radius 3 is 2.25 bits per heavy atom. The Morgan fingerprint density at radius 2 is 2.25 bits per heavy atom. The minimum atomic E-state index is -1.68. The zero-order valence-corrected chi connectivity index (χ0v) is 4.47. The van der Waals surface area contributed by atoms with E-state index in [2.05, 4.69) is 0 Å². The van der Waals surface area contributed by atoms with Crippen molar-refractivity contribution in [2.45, 2.75) is 19.1 Å². The average molecular weight is 121 g/mol. The zero-order valence-electron chi connectivity index (χ0n) is 4.47. The Labute approximate surface area is 46.3 Å². The number of hydrogen-bond donors (Lipinski definition) is 2. The van der Waals surface area contributed by atoms with Gasteiger partial charge in [0.1, 0.15) is 6.04 Å². The van der Waals surface area contributed by atoms with Crippen molar-refractivity contribution in [3.05, 3.63) is 0 Å². The van der Waals surface area contributed by atoms with Gasteiger partial charge in [-0.25, -0.2) is 0 Å². The highest BCUT2D eigenvalue weighted by Crippen LogP contribution is 1.89. The molecule has 8 heavy (non-hydrogen) atoms. The number of aliphatic hydroxyl groups excluding tert-OH is 1. The molecule has 0 amide bonds. The molecule has 0 saturated carbocycles. The smallest absolute Gasteiger partial charge is 0.320 e. The van der Waals surface area contributed by atoms with E-state index in [1.54, 1.807) is 0 Å². The molecule has 0 bridgehead atoms. The van der Waals surface area contributed by atoms with E-state index in [9.17, 15) is 9.18 Å². The monoisotopic (exact) mass is 121 g/mol. The summed E-state index contributed by atoms with van der Waals surface area (Å²) in [6.45, 7) is 1.25. The molecule has 0 aromatic rings. The van der Waals surface area contributed by atoms with Crippen molar-refractivity contribution in [3.8, 4) is 0 Å². The molecule has 0 spiro atoms. The Kier molecular flexibility index (Phi) is 2.57. The van der Waals surface area contributed by atoms with Crippen molar-refractivity contribution in [1.82, 2.24) is 0 Å². The summed E-state index contributed by atoms with van der Waals surface area (Å²) in [7, 11) is 0. The highest BCUT2D eigenvalue weighted by molar-refractivity contribution is 5.74. The minimum absolute atomic E-state index is 1.10. The van der Waals surface area contributed by atoms with Crippen LogP contribution in [0.4, 0.5) is 4.39 Å². The summed E-state index contributed by atoms with van der Waals surface area (Å²) in [5.41, 5.74) is 4.78. The molecule has 0 aliphatic heterocycles. The normalized spacial score (nSPS) is 17.5. The summed E-state index contributed by atoms with van der Waals surface area (Å²) in [4.78, 5) is 9.63. The molecular formula is C4H8FNO2. The first-order valence-electron chi connectivity index (χ1n) is 2.18. The number of halogens is 1. The maximum Gasteiger partial charge on any atom is 0.320 e. The first-order valence-corrected chi connectivity index (χ1v) is 2.18. The third-order valence-electron chi connectivity index (χ3n) is 0.782. The molecule has 0 fully saturated rings. The van der Waals surface area contributed by atoms with Crippen LogP contribution in [0, 0.1) is 0 Å². The number of hydrogen-bond acceptors (Lipinski definition) is 3. The van der Waals surface area contributed by atoms with Crippen molar-refractivity contribution in [1.29, 1.82) is 0 Å². The van der Waals surface area contributed by atoms with E-state index in [0.29, 0.717) is 0 Å². The minimum Gasteiger partial charge on any atom is -0.391 e. The van der Waals surface area contributed by atoms with Crippen LogP contribution in [-0.4, -0.2) is 23.3 Å². The van der Waals surface area contributed by atoms with Gasteiger partial charge in [-0.15, -0.1) is 0 Å². The van der Waals surface area contributed by atoms with Crippen molar-refractivity contribution >= 4 is 6.04 Å². The molecule has 2 atom stereocenters. The Bertz CT molecular complexity index is 94.0. The Balaban J connectivity index is 3.64. The quantitative estimate of drug-likeness (QED) is 0.470. The molecule has 0 rings (SSSR count). The lowest BCUT2D eigenvalue weighted by Gasteiger charge is -2.05. The third kappa shape index (κ3) is 1.99. The van der Waals surface area contributed by atoms with E-state index in [1.807, 2.05) is 0 Å². The van der Waals surface area contributed by atoms with E-state index in [1.165, 1.54) is 6.92 Å². The van der Waals surface area contributed by atoms with Crippen molar-refractivity contribution in [2.75, 3.05) is 0 Å². The van der Waals surface area contributed by atoms with Crippen LogP contribution in [0.3, 0.4) is 0 Å². The molecule has 0 aliphatic rings. The molecule has 48 valence electrons. The van der Waals surface area contributed by atoms with E-state index < -0.39 is 18.2 Å². The molecule has 0 aromatic carbocycles. The molecule has 0 radical (unpaired) electrons. The molecule has 0 aliphatic carbocycles. The molecule has 0 aromatic heterocycles. The predicted molar refractivity (Wildman–Crippen MR) is 25.8 cm³/mol. The summed E-state index contributed by atoms with van der Waals surface area (Å²) in [5, 5.41) is 8.41. The highest BCUT2D eigenvalue weighted by atomic mass is 19.1. The van der Waals surface area contributed by atoms with Crippen molar-refractivity contribution < 1.29 is 14.3 Å². The predicted octanol–water partition coefficient (Wildman–Crippen LogP) is -0.809. The van der Waals surface area contributed by atoms with Gasteiger partial charge in [0.05, 0.1) is 6.10 Å². The standard InChI is InChI=1S/C4H8FNO2/c1-2(7)3(6)4(5)8/h2-3,7H,6H2,1H3/t2-,3+/m1/s1. The maximum atomic E-state index is 11.4. The Hall–Kier alpha value is -0.480. The summed E-state index contributed by atoms with van der Waals surface area (Å²) in [6, 6.07) is -3.06. The van der Waals surface area contributed by atoms with Crippen LogP contribution >= 0.6 is 0 Å². The Morgan fingerprint density at radius 1 is 1.88 bits per heavy atom. The molecule has 0 heterocycles. The fourth-order valence-electron chi connectivity index (χ4n) is 0.190. The summed E-state index contributed by atoms with van der Waals surface area (Å²) < 4.78 is 11.4. The SMILES string of the molecule is C[C@@H](O)[C@H](N)C(=O)F. The fraction of sp³-hybridized carbons (Fsp3) is 0.750. The lowest BCUT2D eigenvalue weighted by molar-refractivity contribution is -0.132. The molecule has 0 saturated heterocycles. The van der Waals surface area contributed by atoms with Crippen LogP contribution in [0.5, 0.6) is 0 Å². The second kappa shape index (κ2) is 2.74. The van der Waals surface area contributed by atoms with Crippen LogP contribution in [-0.2, 0) is 4.79 Å². The van der Waals surface area contributed by atoms with Crippen LogP contribution in [0.15, 0.2) is 0 Å². The van der Waals surface area contributed by atoms with E-state index in [0.717, 1.165) is 0 Å². The summed E-state index contributed by atoms with van der Waals surface area (Å²) >= 11 is 0. The first kappa shape index (κ1) is 7.52. The number of carbonyl (C=O) groups is 1. The second-order valence-corrected chi connectivity index (χ2v) is 1.57. The van der Waals surface area contributed by atoms with Gasteiger partial charge >= 0.3 is 6.04 Å². The molecule has 3 N–H and O–H groups in total. The van der Waals surface area contributed by atoms with Gasteiger partial charge in [-0.05, 0) is 6.92 Å². The van der Waals surface area contributed by atoms with Gasteiger partial charge < -0.3 is 10.8 Å². The van der Waals surface area contributed by atoms with Gasteiger partial charge in [0.15, 0.2) is 0 Å². The van der Waals surface area contributed by atoms with Gasteiger partial charge in [0, 0.05) is 0 Å². The van der Waals surface area contributed by atoms with Crippen LogP contribution < -0.4 is 5.73 Å². The highest BCUT2D eigenvalue weighted by Gasteiger charge is 2.17. The maximum absolute atomic E-state index is 11.4.